The first-order valence-corrected chi connectivity index (χ1v) is 10.00. The minimum Gasteiger partial charge on any atom is -0.329 e. The minimum atomic E-state index is -0.279. The molecule has 0 radical (unpaired) electrons. The zero-order chi connectivity index (χ0) is 20.7. The van der Waals surface area contributed by atoms with Crippen LogP contribution in [0.25, 0.3) is 11.0 Å². The van der Waals surface area contributed by atoms with Crippen molar-refractivity contribution in [1.82, 2.24) is 9.55 Å². The van der Waals surface area contributed by atoms with Gasteiger partial charge in [0.05, 0.1) is 22.6 Å². The summed E-state index contributed by atoms with van der Waals surface area (Å²) in [4.78, 5) is 18.3. The summed E-state index contributed by atoms with van der Waals surface area (Å²) >= 11 is 0. The van der Waals surface area contributed by atoms with Crippen LogP contribution in [-0.4, -0.2) is 15.5 Å². The average molecular weight is 394 g/mol. The van der Waals surface area contributed by atoms with Crippen LogP contribution in [0.4, 0.5) is 11.6 Å². The number of hydrogen-bond donors (Lipinski definition) is 2. The van der Waals surface area contributed by atoms with Crippen molar-refractivity contribution in [2.45, 2.75) is 19.9 Å². The SMILES string of the molecule is CC1=C(C(=O)Nc2ccccc2)[C@@H](c2ccccc2C)n2c(nc3ccccc32)N1. The Balaban J connectivity index is 1.70. The number of nitrogens with zero attached hydrogens (tertiary/aromatic N) is 2. The van der Waals surface area contributed by atoms with E-state index in [1.54, 1.807) is 0 Å². The van der Waals surface area contributed by atoms with Crippen molar-refractivity contribution in [2.24, 2.45) is 0 Å². The Bertz CT molecular complexity index is 1290. The van der Waals surface area contributed by atoms with E-state index in [0.29, 0.717) is 5.57 Å². The predicted molar refractivity (Wildman–Crippen MR) is 120 cm³/mol. The highest BCUT2D eigenvalue weighted by molar-refractivity contribution is 6.06. The number of imidazole rings is 1. The van der Waals surface area contributed by atoms with E-state index in [-0.39, 0.29) is 11.9 Å². The summed E-state index contributed by atoms with van der Waals surface area (Å²) in [5.74, 6) is 0.626. The summed E-state index contributed by atoms with van der Waals surface area (Å²) in [6.07, 6.45) is 0. The number of anilines is 2. The van der Waals surface area contributed by atoms with Gasteiger partial charge < -0.3 is 10.6 Å². The van der Waals surface area contributed by atoms with Crippen LogP contribution in [0.15, 0.2) is 90.1 Å². The molecule has 0 aliphatic carbocycles. The third kappa shape index (κ3) is 2.95. The molecule has 148 valence electrons. The molecule has 0 spiro atoms. The Kier molecular flexibility index (Phi) is 4.36. The summed E-state index contributed by atoms with van der Waals surface area (Å²) in [6.45, 7) is 4.02. The predicted octanol–water partition coefficient (Wildman–Crippen LogP) is 5.27. The van der Waals surface area contributed by atoms with E-state index in [1.807, 2.05) is 73.7 Å². The average Bonchev–Trinajstić information content (AvgIpc) is 3.11. The smallest absolute Gasteiger partial charge is 0.255 e. The van der Waals surface area contributed by atoms with E-state index in [1.165, 1.54) is 0 Å². The summed E-state index contributed by atoms with van der Waals surface area (Å²) in [5.41, 5.74) is 6.37. The van der Waals surface area contributed by atoms with Gasteiger partial charge in [-0.15, -0.1) is 0 Å². The monoisotopic (exact) mass is 394 g/mol. The minimum absolute atomic E-state index is 0.122. The molecule has 2 heterocycles. The van der Waals surface area contributed by atoms with Crippen molar-refractivity contribution in [2.75, 3.05) is 10.6 Å². The molecule has 0 fully saturated rings. The van der Waals surface area contributed by atoms with Crippen molar-refractivity contribution < 1.29 is 4.79 Å². The standard InChI is InChI=1S/C25H22N4O/c1-16-10-6-7-13-19(16)23-22(24(30)27-18-11-4-3-5-12-18)17(2)26-25-28-20-14-8-9-15-21(20)29(23)25/h3-15,23H,1-2H3,(H,26,28)(H,27,30)/t23-/m1/s1. The van der Waals surface area contributed by atoms with E-state index in [9.17, 15) is 4.79 Å². The molecule has 5 nitrogen and oxygen atoms in total. The van der Waals surface area contributed by atoms with Crippen LogP contribution in [0, 0.1) is 6.92 Å². The third-order valence-electron chi connectivity index (χ3n) is 5.59. The van der Waals surface area contributed by atoms with Gasteiger partial charge in [0, 0.05) is 11.4 Å². The van der Waals surface area contributed by atoms with Crippen molar-refractivity contribution in [1.29, 1.82) is 0 Å². The number of para-hydroxylation sites is 3. The zero-order valence-electron chi connectivity index (χ0n) is 16.9. The maximum atomic E-state index is 13.5. The largest absolute Gasteiger partial charge is 0.329 e. The Morgan fingerprint density at radius 3 is 2.43 bits per heavy atom. The molecule has 30 heavy (non-hydrogen) atoms. The van der Waals surface area contributed by atoms with Crippen LogP contribution in [0.2, 0.25) is 0 Å². The second-order valence-corrected chi connectivity index (χ2v) is 7.54. The molecule has 2 N–H and O–H groups in total. The van der Waals surface area contributed by atoms with E-state index in [0.717, 1.165) is 39.5 Å². The van der Waals surface area contributed by atoms with E-state index >= 15 is 0 Å². The Morgan fingerprint density at radius 2 is 1.63 bits per heavy atom. The quantitative estimate of drug-likeness (QED) is 0.497. The van der Waals surface area contributed by atoms with Crippen LogP contribution in [0.5, 0.6) is 0 Å². The molecule has 0 unspecified atom stereocenters. The number of hydrogen-bond acceptors (Lipinski definition) is 3. The van der Waals surface area contributed by atoms with Gasteiger partial charge in [0.15, 0.2) is 0 Å². The number of benzene rings is 3. The van der Waals surface area contributed by atoms with Gasteiger partial charge in [-0.3, -0.25) is 9.36 Å². The first-order chi connectivity index (χ1) is 14.6. The highest BCUT2D eigenvalue weighted by Gasteiger charge is 2.34. The Labute approximate surface area is 175 Å². The van der Waals surface area contributed by atoms with Gasteiger partial charge in [0.2, 0.25) is 5.95 Å². The lowest BCUT2D eigenvalue weighted by atomic mass is 9.91. The Morgan fingerprint density at radius 1 is 0.933 bits per heavy atom. The highest BCUT2D eigenvalue weighted by atomic mass is 16.1. The number of nitrogens with one attached hydrogen (secondary N) is 2. The van der Waals surface area contributed by atoms with Crippen LogP contribution < -0.4 is 10.6 Å². The Hall–Kier alpha value is -3.86. The normalized spacial score (nSPS) is 15.6. The fraction of sp³-hybridized carbons (Fsp3) is 0.120. The van der Waals surface area contributed by atoms with Crippen LogP contribution in [-0.2, 0) is 4.79 Å². The number of fused-ring (bicyclic) bond motifs is 3. The summed E-state index contributed by atoms with van der Waals surface area (Å²) in [7, 11) is 0. The number of carbonyl (C=O) groups excluding carboxylic acids is 1. The summed E-state index contributed by atoms with van der Waals surface area (Å²) in [5, 5.41) is 6.42. The second-order valence-electron chi connectivity index (χ2n) is 7.54. The molecule has 1 aliphatic heterocycles. The molecule has 1 amide bonds. The van der Waals surface area contributed by atoms with Gasteiger partial charge in [0.25, 0.3) is 5.91 Å². The molecule has 5 rings (SSSR count). The van der Waals surface area contributed by atoms with Crippen LogP contribution in [0.3, 0.4) is 0 Å². The molecule has 1 atom stereocenters. The van der Waals surface area contributed by atoms with E-state index < -0.39 is 0 Å². The molecule has 1 aromatic heterocycles. The number of aromatic nitrogens is 2. The number of rotatable bonds is 3. The van der Waals surface area contributed by atoms with Crippen LogP contribution in [0.1, 0.15) is 24.1 Å². The number of allylic oxidation sites excluding steroid dienone is 1. The van der Waals surface area contributed by atoms with E-state index in [4.69, 9.17) is 4.98 Å². The van der Waals surface area contributed by atoms with Crippen molar-refractivity contribution in [3.8, 4) is 0 Å². The van der Waals surface area contributed by atoms with E-state index in [2.05, 4.69) is 34.3 Å². The first kappa shape index (κ1) is 18.2. The maximum absolute atomic E-state index is 13.5. The third-order valence-corrected chi connectivity index (χ3v) is 5.59. The first-order valence-electron chi connectivity index (χ1n) is 10.00. The lowest BCUT2D eigenvalue weighted by Crippen LogP contribution is -2.31. The molecule has 3 aromatic carbocycles. The maximum Gasteiger partial charge on any atom is 0.255 e. The lowest BCUT2D eigenvalue weighted by molar-refractivity contribution is -0.113. The zero-order valence-corrected chi connectivity index (χ0v) is 16.9. The molecule has 0 saturated carbocycles. The van der Waals surface area contributed by atoms with Gasteiger partial charge in [-0.25, -0.2) is 4.98 Å². The fourth-order valence-electron chi connectivity index (χ4n) is 4.17. The van der Waals surface area contributed by atoms with Gasteiger partial charge in [0.1, 0.15) is 0 Å². The molecule has 0 saturated heterocycles. The van der Waals surface area contributed by atoms with Gasteiger partial charge >= 0.3 is 0 Å². The van der Waals surface area contributed by atoms with Crippen LogP contribution >= 0.6 is 0 Å². The van der Waals surface area contributed by atoms with Gasteiger partial charge in [-0.05, 0) is 49.2 Å². The fourth-order valence-corrected chi connectivity index (χ4v) is 4.17. The second kappa shape index (κ2) is 7.19. The molecule has 0 bridgehead atoms. The molecule has 1 aliphatic rings. The summed E-state index contributed by atoms with van der Waals surface area (Å²) in [6, 6.07) is 25.5. The number of amides is 1. The van der Waals surface area contributed by atoms with Crippen molar-refractivity contribution in [3.63, 3.8) is 0 Å². The van der Waals surface area contributed by atoms with Gasteiger partial charge in [-0.2, -0.15) is 0 Å². The van der Waals surface area contributed by atoms with Crippen molar-refractivity contribution in [3.05, 3.63) is 101 Å². The molecule has 4 aromatic rings. The lowest BCUT2D eigenvalue weighted by Gasteiger charge is -2.31. The summed E-state index contributed by atoms with van der Waals surface area (Å²) < 4.78 is 2.13. The van der Waals surface area contributed by atoms with Gasteiger partial charge in [-0.1, -0.05) is 54.6 Å². The molecular weight excluding hydrogens is 372 g/mol. The molecule has 5 heteroatoms. The number of carbonyl (C=O) groups is 1. The van der Waals surface area contributed by atoms with Crippen molar-refractivity contribution >= 4 is 28.6 Å². The topological polar surface area (TPSA) is 59.0 Å². The number of aryl methyl sites for hydroxylation is 1. The highest BCUT2D eigenvalue weighted by Crippen LogP contribution is 2.40. The molecular formula is C25H22N4O.